The minimum Gasteiger partial charge on any atom is -0.492 e. The fourth-order valence-corrected chi connectivity index (χ4v) is 3.73. The average molecular weight is 272 g/mol. The van der Waals surface area contributed by atoms with E-state index in [9.17, 15) is 4.79 Å². The van der Waals surface area contributed by atoms with E-state index in [1.807, 2.05) is 29.2 Å². The van der Waals surface area contributed by atoms with Crippen LogP contribution in [0.2, 0.25) is 0 Å². The van der Waals surface area contributed by atoms with Gasteiger partial charge in [0.2, 0.25) is 5.91 Å². The Labute approximate surface area is 119 Å². The minimum atomic E-state index is -0.108. The van der Waals surface area contributed by atoms with Crippen LogP contribution in [-0.2, 0) is 4.79 Å². The van der Waals surface area contributed by atoms with Crippen molar-refractivity contribution in [1.82, 2.24) is 10.2 Å². The molecular formula is C16H20N2O2. The van der Waals surface area contributed by atoms with Gasteiger partial charge in [0.15, 0.2) is 0 Å². The Kier molecular flexibility index (Phi) is 2.91. The molecule has 0 radical (unpaired) electrons. The van der Waals surface area contributed by atoms with Gasteiger partial charge in [-0.2, -0.15) is 0 Å². The third kappa shape index (κ3) is 1.99. The lowest BCUT2D eigenvalue weighted by molar-refractivity contribution is -0.133. The maximum atomic E-state index is 12.8. The molecule has 1 amide bonds. The van der Waals surface area contributed by atoms with E-state index < -0.39 is 0 Å². The third-order valence-corrected chi connectivity index (χ3v) is 4.83. The molecule has 20 heavy (non-hydrogen) atoms. The Hall–Kier alpha value is -1.55. The van der Waals surface area contributed by atoms with Gasteiger partial charge in [-0.1, -0.05) is 18.2 Å². The molecule has 2 fully saturated rings. The van der Waals surface area contributed by atoms with Gasteiger partial charge >= 0.3 is 0 Å². The van der Waals surface area contributed by atoms with Crippen molar-refractivity contribution in [1.29, 1.82) is 0 Å². The number of fused-ring (bicyclic) bond motifs is 3. The van der Waals surface area contributed by atoms with Gasteiger partial charge in [-0.25, -0.2) is 0 Å². The molecule has 4 rings (SSSR count). The summed E-state index contributed by atoms with van der Waals surface area (Å²) in [6.07, 6.45) is 3.55. The second-order valence-electron chi connectivity index (χ2n) is 6.11. The summed E-state index contributed by atoms with van der Waals surface area (Å²) < 4.78 is 5.65. The van der Waals surface area contributed by atoms with E-state index in [-0.39, 0.29) is 11.8 Å². The Morgan fingerprint density at radius 1 is 1.20 bits per heavy atom. The molecule has 0 spiro atoms. The number of ether oxygens (including phenoxy) is 1. The predicted octanol–water partition coefficient (Wildman–Crippen LogP) is 1.52. The van der Waals surface area contributed by atoms with E-state index in [0.717, 1.165) is 30.8 Å². The zero-order valence-electron chi connectivity index (χ0n) is 11.5. The smallest absolute Gasteiger partial charge is 0.233 e. The van der Waals surface area contributed by atoms with E-state index in [4.69, 9.17) is 4.74 Å². The number of amides is 1. The number of likely N-dealkylation sites (tertiary alicyclic amines) is 1. The van der Waals surface area contributed by atoms with Crippen LogP contribution < -0.4 is 10.1 Å². The first-order chi connectivity index (χ1) is 9.81. The van der Waals surface area contributed by atoms with E-state index in [0.29, 0.717) is 18.7 Å². The maximum Gasteiger partial charge on any atom is 0.233 e. The van der Waals surface area contributed by atoms with Gasteiger partial charge in [-0.15, -0.1) is 0 Å². The number of hydrogen-bond acceptors (Lipinski definition) is 3. The molecule has 1 N–H and O–H groups in total. The zero-order valence-corrected chi connectivity index (χ0v) is 11.5. The maximum absolute atomic E-state index is 12.8. The molecule has 3 heterocycles. The lowest BCUT2D eigenvalue weighted by atomic mass is 9.99. The Balaban J connectivity index is 1.53. The summed E-state index contributed by atoms with van der Waals surface area (Å²) in [6, 6.07) is 9.02. The first kappa shape index (κ1) is 12.2. The van der Waals surface area contributed by atoms with Crippen LogP contribution in [-0.4, -0.2) is 42.6 Å². The van der Waals surface area contributed by atoms with Crippen LogP contribution in [0.15, 0.2) is 24.3 Å². The fraction of sp³-hybridized carbons (Fsp3) is 0.562. The number of nitrogens with one attached hydrogen (secondary N) is 1. The summed E-state index contributed by atoms with van der Waals surface area (Å²) >= 11 is 0. The van der Waals surface area contributed by atoms with Gasteiger partial charge in [0.05, 0.1) is 0 Å². The first-order valence-corrected chi connectivity index (χ1v) is 7.58. The number of hydrogen-bond donors (Lipinski definition) is 1. The van der Waals surface area contributed by atoms with Gasteiger partial charge in [0, 0.05) is 30.7 Å². The number of carbonyl (C=O) groups excluding carboxylic acids is 1. The summed E-state index contributed by atoms with van der Waals surface area (Å²) in [7, 11) is 0. The molecule has 106 valence electrons. The first-order valence-electron chi connectivity index (χ1n) is 7.58. The van der Waals surface area contributed by atoms with Crippen LogP contribution in [0.4, 0.5) is 0 Å². The highest BCUT2D eigenvalue weighted by atomic mass is 16.5. The summed E-state index contributed by atoms with van der Waals surface area (Å²) in [5.41, 5.74) is 1.06. The van der Waals surface area contributed by atoms with Crippen LogP contribution in [0.25, 0.3) is 0 Å². The van der Waals surface area contributed by atoms with Crippen molar-refractivity contribution >= 4 is 5.91 Å². The number of rotatable bonds is 1. The van der Waals surface area contributed by atoms with Gasteiger partial charge < -0.3 is 15.0 Å². The molecule has 3 aliphatic heterocycles. The second-order valence-corrected chi connectivity index (χ2v) is 6.11. The summed E-state index contributed by atoms with van der Waals surface area (Å²) in [5.74, 6) is 1.01. The van der Waals surface area contributed by atoms with Gasteiger partial charge in [0.1, 0.15) is 18.3 Å². The van der Waals surface area contributed by atoms with Crippen molar-refractivity contribution < 1.29 is 9.53 Å². The lowest BCUT2D eigenvalue weighted by Crippen LogP contribution is -2.41. The molecule has 4 heteroatoms. The van der Waals surface area contributed by atoms with Crippen molar-refractivity contribution in [2.24, 2.45) is 0 Å². The molecule has 2 bridgehead atoms. The molecule has 0 aromatic heterocycles. The Morgan fingerprint density at radius 3 is 3.00 bits per heavy atom. The van der Waals surface area contributed by atoms with E-state index in [2.05, 4.69) is 5.32 Å². The highest BCUT2D eigenvalue weighted by Gasteiger charge is 2.37. The molecule has 3 unspecified atom stereocenters. The molecule has 4 nitrogen and oxygen atoms in total. The highest BCUT2D eigenvalue weighted by molar-refractivity contribution is 5.85. The SMILES string of the molecule is O=C(C1COc2ccccc21)N1CCC2CCC(C1)N2. The lowest BCUT2D eigenvalue weighted by Gasteiger charge is -2.26. The van der Waals surface area contributed by atoms with Crippen LogP contribution in [0, 0.1) is 0 Å². The average Bonchev–Trinajstić information content (AvgIpc) is 3.01. The third-order valence-electron chi connectivity index (χ3n) is 4.83. The van der Waals surface area contributed by atoms with Crippen molar-refractivity contribution in [3.8, 4) is 5.75 Å². The standard InChI is InChI=1S/C16H20N2O2/c19-16(14-10-20-15-4-2-1-3-13(14)15)18-8-7-11-5-6-12(9-18)17-11/h1-4,11-12,14,17H,5-10H2. The Bertz CT molecular complexity index is 531. The number of carbonyl (C=O) groups is 1. The van der Waals surface area contributed by atoms with Gasteiger partial charge in [-0.05, 0) is 25.3 Å². The topological polar surface area (TPSA) is 41.6 Å². The monoisotopic (exact) mass is 272 g/mol. The molecular weight excluding hydrogens is 252 g/mol. The molecule has 3 aliphatic rings. The van der Waals surface area contributed by atoms with Crippen LogP contribution in [0.1, 0.15) is 30.7 Å². The van der Waals surface area contributed by atoms with Crippen molar-refractivity contribution in [3.63, 3.8) is 0 Å². The van der Waals surface area contributed by atoms with Crippen molar-refractivity contribution in [2.75, 3.05) is 19.7 Å². The quantitative estimate of drug-likeness (QED) is 0.842. The van der Waals surface area contributed by atoms with Crippen LogP contribution in [0.5, 0.6) is 5.75 Å². The van der Waals surface area contributed by atoms with Crippen molar-refractivity contribution in [3.05, 3.63) is 29.8 Å². The van der Waals surface area contributed by atoms with Crippen molar-refractivity contribution in [2.45, 2.75) is 37.3 Å². The zero-order chi connectivity index (χ0) is 13.5. The second kappa shape index (κ2) is 4.77. The van der Waals surface area contributed by atoms with E-state index in [1.165, 1.54) is 12.8 Å². The van der Waals surface area contributed by atoms with Crippen LogP contribution >= 0.6 is 0 Å². The molecule has 3 atom stereocenters. The predicted molar refractivity (Wildman–Crippen MR) is 75.8 cm³/mol. The van der Waals surface area contributed by atoms with E-state index in [1.54, 1.807) is 0 Å². The van der Waals surface area contributed by atoms with Gasteiger partial charge in [-0.3, -0.25) is 4.79 Å². The number of benzene rings is 1. The molecule has 0 saturated carbocycles. The largest absolute Gasteiger partial charge is 0.492 e. The molecule has 0 aliphatic carbocycles. The Morgan fingerprint density at radius 2 is 2.05 bits per heavy atom. The molecule has 1 aromatic carbocycles. The summed E-state index contributed by atoms with van der Waals surface area (Å²) in [6.45, 7) is 2.23. The van der Waals surface area contributed by atoms with Crippen LogP contribution in [0.3, 0.4) is 0 Å². The minimum absolute atomic E-state index is 0.108. The number of nitrogens with zero attached hydrogens (tertiary/aromatic N) is 1. The molecule has 2 saturated heterocycles. The molecule has 1 aromatic rings. The summed E-state index contributed by atoms with van der Waals surface area (Å²) in [4.78, 5) is 14.9. The summed E-state index contributed by atoms with van der Waals surface area (Å²) in [5, 5.41) is 3.62. The normalized spacial score (nSPS) is 31.6. The van der Waals surface area contributed by atoms with Gasteiger partial charge in [0.25, 0.3) is 0 Å². The highest BCUT2D eigenvalue weighted by Crippen LogP contribution is 2.35. The fourth-order valence-electron chi connectivity index (χ4n) is 3.73. The van der Waals surface area contributed by atoms with E-state index >= 15 is 0 Å². The number of para-hydroxylation sites is 1.